The molecule has 0 saturated carbocycles. The first-order valence-electron chi connectivity index (χ1n) is 6.79. The Morgan fingerprint density at radius 1 is 1.24 bits per heavy atom. The number of benzene rings is 1. The van der Waals surface area contributed by atoms with Crippen LogP contribution in [0.3, 0.4) is 0 Å². The van der Waals surface area contributed by atoms with Crippen LogP contribution in [-0.2, 0) is 6.54 Å². The number of rotatable bonds is 3. The quantitative estimate of drug-likeness (QED) is 0.807. The number of hydrogen-bond donors (Lipinski definition) is 1. The topological polar surface area (TPSA) is 49.0 Å². The van der Waals surface area contributed by atoms with Crippen molar-refractivity contribution in [1.82, 2.24) is 9.97 Å². The Labute approximate surface area is 127 Å². The van der Waals surface area contributed by atoms with Crippen LogP contribution in [0, 0.1) is 13.8 Å². The fraction of sp³-hybridized carbons (Fsp3) is 0.250. The third-order valence-corrected chi connectivity index (χ3v) is 4.30. The van der Waals surface area contributed by atoms with E-state index in [1.54, 1.807) is 0 Å². The van der Waals surface area contributed by atoms with Gasteiger partial charge in [-0.2, -0.15) is 0 Å². The second-order valence-corrected chi connectivity index (χ2v) is 6.27. The highest BCUT2D eigenvalue weighted by molar-refractivity contribution is 7.17. The Balaban J connectivity index is 1.92. The molecule has 0 radical (unpaired) electrons. The Morgan fingerprint density at radius 2 is 1.95 bits per heavy atom. The molecular formula is C16H17N3OS. The van der Waals surface area contributed by atoms with Crippen LogP contribution in [0.2, 0.25) is 0 Å². The Bertz CT molecular complexity index is 830. The molecule has 0 spiro atoms. The summed E-state index contributed by atoms with van der Waals surface area (Å²) in [4.78, 5) is 21.5. The summed E-state index contributed by atoms with van der Waals surface area (Å²) >= 11 is 1.42. The van der Waals surface area contributed by atoms with Gasteiger partial charge < -0.3 is 9.88 Å². The first kappa shape index (κ1) is 13.8. The highest BCUT2D eigenvalue weighted by Gasteiger charge is 2.08. The standard InChI is InChI=1S/C16H17N3OS/c1-10-6-11(2)8-12(7-10)19(3)9-14-17-13-4-5-21-15(13)16(20)18-14/h4-8H,9H2,1-3H3,(H,17,18,20). The van der Waals surface area contributed by atoms with E-state index >= 15 is 0 Å². The molecule has 0 amide bonds. The van der Waals surface area contributed by atoms with Crippen molar-refractivity contribution >= 4 is 27.2 Å². The third-order valence-electron chi connectivity index (χ3n) is 3.40. The molecule has 2 heterocycles. The van der Waals surface area contributed by atoms with Crippen LogP contribution in [0.25, 0.3) is 10.2 Å². The molecular weight excluding hydrogens is 282 g/mol. The molecule has 108 valence electrons. The molecule has 1 N–H and O–H groups in total. The molecule has 0 aliphatic heterocycles. The minimum atomic E-state index is -0.0566. The fourth-order valence-corrected chi connectivity index (χ4v) is 3.21. The first-order valence-corrected chi connectivity index (χ1v) is 7.67. The van der Waals surface area contributed by atoms with E-state index in [0.717, 1.165) is 11.2 Å². The molecule has 4 nitrogen and oxygen atoms in total. The largest absolute Gasteiger partial charge is 0.367 e. The SMILES string of the molecule is Cc1cc(C)cc(N(C)Cc2nc3ccsc3c(=O)[nH]2)c1. The number of thiophene rings is 1. The highest BCUT2D eigenvalue weighted by Crippen LogP contribution is 2.19. The predicted molar refractivity (Wildman–Crippen MR) is 88.3 cm³/mol. The van der Waals surface area contributed by atoms with Crippen LogP contribution in [0.5, 0.6) is 0 Å². The summed E-state index contributed by atoms with van der Waals surface area (Å²) in [5.74, 6) is 0.688. The van der Waals surface area contributed by atoms with E-state index in [4.69, 9.17) is 0 Å². The number of aromatic amines is 1. The van der Waals surface area contributed by atoms with Gasteiger partial charge in [0.2, 0.25) is 0 Å². The maximum atomic E-state index is 12.0. The van der Waals surface area contributed by atoms with Gasteiger partial charge in [0.05, 0.1) is 12.1 Å². The van der Waals surface area contributed by atoms with Gasteiger partial charge in [-0.15, -0.1) is 11.3 Å². The van der Waals surface area contributed by atoms with Crippen LogP contribution >= 0.6 is 11.3 Å². The summed E-state index contributed by atoms with van der Waals surface area (Å²) in [6.45, 7) is 4.74. The van der Waals surface area contributed by atoms with Crippen molar-refractivity contribution in [3.63, 3.8) is 0 Å². The van der Waals surface area contributed by atoms with Gasteiger partial charge in [-0.1, -0.05) is 6.07 Å². The molecule has 5 heteroatoms. The molecule has 1 aromatic carbocycles. The second kappa shape index (κ2) is 5.33. The second-order valence-electron chi connectivity index (χ2n) is 5.35. The summed E-state index contributed by atoms with van der Waals surface area (Å²) in [5.41, 5.74) is 4.30. The molecule has 0 aliphatic carbocycles. The zero-order chi connectivity index (χ0) is 15.0. The normalized spacial score (nSPS) is 11.0. The highest BCUT2D eigenvalue weighted by atomic mass is 32.1. The lowest BCUT2D eigenvalue weighted by molar-refractivity contribution is 0.840. The molecule has 0 fully saturated rings. The Kier molecular flexibility index (Phi) is 3.51. The molecule has 0 aliphatic rings. The zero-order valence-corrected chi connectivity index (χ0v) is 13.1. The van der Waals surface area contributed by atoms with E-state index in [0.29, 0.717) is 17.1 Å². The van der Waals surface area contributed by atoms with Crippen molar-refractivity contribution in [2.24, 2.45) is 0 Å². The minimum Gasteiger partial charge on any atom is -0.367 e. The number of anilines is 1. The molecule has 3 aromatic rings. The van der Waals surface area contributed by atoms with Gasteiger partial charge in [-0.25, -0.2) is 4.98 Å². The molecule has 0 atom stereocenters. The van der Waals surface area contributed by atoms with E-state index in [1.165, 1.54) is 22.5 Å². The van der Waals surface area contributed by atoms with Gasteiger partial charge in [0.1, 0.15) is 10.5 Å². The van der Waals surface area contributed by atoms with Gasteiger partial charge in [-0.05, 0) is 48.6 Å². The van der Waals surface area contributed by atoms with Crippen molar-refractivity contribution < 1.29 is 0 Å². The van der Waals surface area contributed by atoms with Crippen molar-refractivity contribution in [2.75, 3.05) is 11.9 Å². The average molecular weight is 299 g/mol. The number of nitrogens with one attached hydrogen (secondary N) is 1. The first-order chi connectivity index (χ1) is 10.0. The van der Waals surface area contributed by atoms with Crippen LogP contribution < -0.4 is 10.5 Å². The number of nitrogens with zero attached hydrogens (tertiary/aromatic N) is 2. The fourth-order valence-electron chi connectivity index (χ4n) is 2.48. The van der Waals surface area contributed by atoms with E-state index in [2.05, 4.69) is 46.9 Å². The zero-order valence-electron chi connectivity index (χ0n) is 12.3. The lowest BCUT2D eigenvalue weighted by Crippen LogP contribution is -2.21. The monoisotopic (exact) mass is 299 g/mol. The number of hydrogen-bond acceptors (Lipinski definition) is 4. The van der Waals surface area contributed by atoms with Crippen LogP contribution in [-0.4, -0.2) is 17.0 Å². The number of H-pyrrole nitrogens is 1. The predicted octanol–water partition coefficient (Wildman–Crippen LogP) is 3.24. The number of aromatic nitrogens is 2. The molecule has 2 aromatic heterocycles. The van der Waals surface area contributed by atoms with Crippen LogP contribution in [0.1, 0.15) is 17.0 Å². The summed E-state index contributed by atoms with van der Waals surface area (Å²) < 4.78 is 0.688. The lowest BCUT2D eigenvalue weighted by Gasteiger charge is -2.19. The molecule has 0 saturated heterocycles. The van der Waals surface area contributed by atoms with Gasteiger partial charge in [0.15, 0.2) is 0 Å². The van der Waals surface area contributed by atoms with Gasteiger partial charge in [0, 0.05) is 12.7 Å². The van der Waals surface area contributed by atoms with E-state index in [1.807, 2.05) is 18.5 Å². The number of aryl methyl sites for hydroxylation is 2. The summed E-state index contributed by atoms with van der Waals surface area (Å²) in [5, 5.41) is 1.89. The van der Waals surface area contributed by atoms with Crippen molar-refractivity contribution in [3.05, 3.63) is 57.0 Å². The van der Waals surface area contributed by atoms with E-state index < -0.39 is 0 Å². The Morgan fingerprint density at radius 3 is 2.67 bits per heavy atom. The minimum absolute atomic E-state index is 0.0566. The molecule has 3 rings (SSSR count). The molecule has 0 unspecified atom stereocenters. The van der Waals surface area contributed by atoms with E-state index in [9.17, 15) is 4.79 Å². The van der Waals surface area contributed by atoms with E-state index in [-0.39, 0.29) is 5.56 Å². The smallest absolute Gasteiger partial charge is 0.268 e. The van der Waals surface area contributed by atoms with Crippen LogP contribution in [0.15, 0.2) is 34.4 Å². The van der Waals surface area contributed by atoms with Gasteiger partial charge in [-0.3, -0.25) is 4.79 Å². The average Bonchev–Trinajstić information content (AvgIpc) is 2.86. The van der Waals surface area contributed by atoms with Crippen LogP contribution in [0.4, 0.5) is 5.69 Å². The van der Waals surface area contributed by atoms with Crippen molar-refractivity contribution in [1.29, 1.82) is 0 Å². The van der Waals surface area contributed by atoms with Gasteiger partial charge >= 0.3 is 0 Å². The summed E-state index contributed by atoms with van der Waals surface area (Å²) in [6.07, 6.45) is 0. The maximum absolute atomic E-state index is 12.0. The molecule has 0 bridgehead atoms. The Hall–Kier alpha value is -2.14. The van der Waals surface area contributed by atoms with Crippen molar-refractivity contribution in [2.45, 2.75) is 20.4 Å². The summed E-state index contributed by atoms with van der Waals surface area (Å²) in [7, 11) is 2.01. The lowest BCUT2D eigenvalue weighted by atomic mass is 10.1. The number of fused-ring (bicyclic) bond motifs is 1. The maximum Gasteiger partial charge on any atom is 0.268 e. The van der Waals surface area contributed by atoms with Crippen molar-refractivity contribution in [3.8, 4) is 0 Å². The third kappa shape index (κ3) is 2.83. The summed E-state index contributed by atoms with van der Waals surface area (Å²) in [6, 6.07) is 8.30. The van der Waals surface area contributed by atoms with Gasteiger partial charge in [0.25, 0.3) is 5.56 Å². The molecule has 21 heavy (non-hydrogen) atoms.